The van der Waals surface area contributed by atoms with E-state index < -0.39 is 15.7 Å². The highest BCUT2D eigenvalue weighted by Crippen LogP contribution is 2.37. The van der Waals surface area contributed by atoms with Crippen LogP contribution in [-0.4, -0.2) is 48.0 Å². The predicted octanol–water partition coefficient (Wildman–Crippen LogP) is 4.44. The summed E-state index contributed by atoms with van der Waals surface area (Å²) in [6.07, 6.45) is 1.20. The first-order valence-corrected chi connectivity index (χ1v) is 12.7. The Morgan fingerprint density at radius 3 is 2.37 bits per heavy atom. The fourth-order valence-corrected chi connectivity index (χ4v) is 6.54. The molecule has 5 nitrogen and oxygen atoms in total. The smallest absolute Gasteiger partial charge is 0.243 e. The predicted molar refractivity (Wildman–Crippen MR) is 125 cm³/mol. The van der Waals surface area contributed by atoms with Gasteiger partial charge in [-0.15, -0.1) is 11.8 Å². The summed E-state index contributed by atoms with van der Waals surface area (Å²) in [4.78, 5) is 10.4. The Labute approximate surface area is 183 Å². The van der Waals surface area contributed by atoms with E-state index in [4.69, 9.17) is 9.98 Å². The third-order valence-electron chi connectivity index (χ3n) is 5.63. The van der Waals surface area contributed by atoms with Crippen molar-refractivity contribution in [1.82, 2.24) is 4.31 Å². The van der Waals surface area contributed by atoms with Crippen LogP contribution in [0.1, 0.15) is 36.5 Å². The second-order valence-electron chi connectivity index (χ2n) is 7.83. The van der Waals surface area contributed by atoms with Crippen LogP contribution < -0.4 is 0 Å². The highest BCUT2D eigenvalue weighted by molar-refractivity contribution is 8.15. The number of aliphatic imine (C=N–C) groups is 2. The molecule has 2 aliphatic heterocycles. The molecule has 1 spiro atoms. The van der Waals surface area contributed by atoms with Crippen LogP contribution in [0.5, 0.6) is 0 Å². The fraction of sp³-hybridized carbons (Fsp3) is 0.391. The monoisotopic (exact) mass is 441 g/mol. The standard InChI is InChI=1S/C23H27N3O2S2/c1-4-29-22-21(19-8-6-5-7-9-19)24-23(25-22)12-14-26(15-13-23)30(27,28)20-11-10-17(2)16-18(20)3/h5-11,16H,4,12-15H2,1-3H3. The number of thioether (sulfide) groups is 1. The van der Waals surface area contributed by atoms with Crippen molar-refractivity contribution in [3.05, 3.63) is 65.2 Å². The molecule has 158 valence electrons. The second kappa shape index (κ2) is 8.29. The number of benzene rings is 2. The zero-order chi connectivity index (χ0) is 21.4. The van der Waals surface area contributed by atoms with Gasteiger partial charge in [0.25, 0.3) is 0 Å². The Morgan fingerprint density at radius 2 is 1.73 bits per heavy atom. The van der Waals surface area contributed by atoms with E-state index in [0.717, 1.165) is 33.2 Å². The lowest BCUT2D eigenvalue weighted by Gasteiger charge is -2.34. The Balaban J connectivity index is 1.58. The molecule has 0 saturated carbocycles. The number of rotatable bonds is 4. The molecule has 2 heterocycles. The maximum atomic E-state index is 13.2. The molecule has 0 N–H and O–H groups in total. The van der Waals surface area contributed by atoms with Crippen molar-refractivity contribution in [2.45, 2.75) is 44.2 Å². The van der Waals surface area contributed by atoms with Crippen molar-refractivity contribution in [1.29, 1.82) is 0 Å². The molecule has 2 aromatic carbocycles. The van der Waals surface area contributed by atoms with Crippen molar-refractivity contribution in [2.75, 3.05) is 18.8 Å². The van der Waals surface area contributed by atoms with Gasteiger partial charge in [-0.05, 0) is 31.2 Å². The number of hydrogen-bond acceptors (Lipinski definition) is 5. The molecule has 2 aliphatic rings. The van der Waals surface area contributed by atoms with Crippen molar-refractivity contribution in [2.24, 2.45) is 9.98 Å². The normalized spacial score (nSPS) is 19.0. The largest absolute Gasteiger partial charge is 0.252 e. The molecule has 1 fully saturated rings. The van der Waals surface area contributed by atoms with Gasteiger partial charge in [-0.2, -0.15) is 4.31 Å². The van der Waals surface area contributed by atoms with Crippen LogP contribution in [0.2, 0.25) is 0 Å². The van der Waals surface area contributed by atoms with Gasteiger partial charge in [-0.3, -0.25) is 4.99 Å². The molecule has 2 aromatic rings. The molecule has 30 heavy (non-hydrogen) atoms. The van der Waals surface area contributed by atoms with Gasteiger partial charge in [0, 0.05) is 31.5 Å². The van der Waals surface area contributed by atoms with Crippen LogP contribution in [0.4, 0.5) is 0 Å². The lowest BCUT2D eigenvalue weighted by Crippen LogP contribution is -2.44. The topological polar surface area (TPSA) is 62.1 Å². The summed E-state index contributed by atoms with van der Waals surface area (Å²) in [6.45, 7) is 6.79. The molecular formula is C23H27N3O2S2. The van der Waals surface area contributed by atoms with Crippen LogP contribution in [0.15, 0.2) is 63.4 Å². The third-order valence-corrected chi connectivity index (χ3v) is 8.54. The summed E-state index contributed by atoms with van der Waals surface area (Å²) in [7, 11) is -3.51. The number of piperidine rings is 1. The molecular weight excluding hydrogens is 414 g/mol. The summed E-state index contributed by atoms with van der Waals surface area (Å²) in [5.74, 6) is 0.925. The van der Waals surface area contributed by atoms with Gasteiger partial charge in [-0.1, -0.05) is 55.0 Å². The second-order valence-corrected chi connectivity index (χ2v) is 11.0. The highest BCUT2D eigenvalue weighted by atomic mass is 32.2. The lowest BCUT2D eigenvalue weighted by atomic mass is 10.00. The first-order valence-electron chi connectivity index (χ1n) is 10.3. The molecule has 0 aromatic heterocycles. The van der Waals surface area contributed by atoms with Gasteiger partial charge in [0.2, 0.25) is 10.0 Å². The van der Waals surface area contributed by atoms with Gasteiger partial charge in [0.15, 0.2) is 5.66 Å². The maximum absolute atomic E-state index is 13.2. The minimum atomic E-state index is -3.51. The van der Waals surface area contributed by atoms with Gasteiger partial charge in [-0.25, -0.2) is 13.4 Å². The van der Waals surface area contributed by atoms with E-state index in [9.17, 15) is 8.42 Å². The van der Waals surface area contributed by atoms with Gasteiger partial charge in [0.05, 0.1) is 10.6 Å². The zero-order valence-corrected chi connectivity index (χ0v) is 19.3. The molecule has 1 saturated heterocycles. The van der Waals surface area contributed by atoms with Crippen molar-refractivity contribution >= 4 is 32.5 Å². The van der Waals surface area contributed by atoms with Gasteiger partial charge in [0.1, 0.15) is 5.04 Å². The van der Waals surface area contributed by atoms with E-state index >= 15 is 0 Å². The molecule has 0 bridgehead atoms. The first kappa shape index (κ1) is 21.3. The zero-order valence-electron chi connectivity index (χ0n) is 17.6. The molecule has 0 aliphatic carbocycles. The maximum Gasteiger partial charge on any atom is 0.243 e. The Bertz CT molecular complexity index is 1100. The summed E-state index contributed by atoms with van der Waals surface area (Å²) >= 11 is 1.70. The van der Waals surface area contributed by atoms with E-state index in [1.165, 1.54) is 0 Å². The number of hydrogen-bond donors (Lipinski definition) is 0. The van der Waals surface area contributed by atoms with Crippen molar-refractivity contribution < 1.29 is 8.42 Å². The van der Waals surface area contributed by atoms with Gasteiger partial charge >= 0.3 is 0 Å². The first-order chi connectivity index (χ1) is 14.3. The minimum Gasteiger partial charge on any atom is -0.252 e. The Kier molecular flexibility index (Phi) is 5.88. The SMILES string of the molecule is CCSC1=NC2(CCN(S(=O)(=O)c3ccc(C)cc3C)CC2)N=C1c1ccccc1. The Morgan fingerprint density at radius 1 is 1.03 bits per heavy atom. The average Bonchev–Trinajstić information content (AvgIpc) is 3.07. The number of nitrogens with zero attached hydrogens (tertiary/aromatic N) is 3. The highest BCUT2D eigenvalue weighted by Gasteiger charge is 2.42. The minimum absolute atomic E-state index is 0.398. The van der Waals surface area contributed by atoms with Gasteiger partial charge < -0.3 is 0 Å². The molecule has 0 atom stereocenters. The van der Waals surface area contributed by atoms with E-state index in [1.54, 1.807) is 22.1 Å². The van der Waals surface area contributed by atoms with Crippen LogP contribution in [-0.2, 0) is 10.0 Å². The quantitative estimate of drug-likeness (QED) is 0.705. The molecule has 4 rings (SSSR count). The summed E-state index contributed by atoms with van der Waals surface area (Å²) in [5, 5.41) is 0.967. The Hall–Kier alpha value is -1.96. The fourth-order valence-electron chi connectivity index (χ4n) is 4.08. The summed E-state index contributed by atoms with van der Waals surface area (Å²) < 4.78 is 28.0. The lowest BCUT2D eigenvalue weighted by molar-refractivity contribution is 0.249. The molecule has 0 radical (unpaired) electrons. The van der Waals surface area contributed by atoms with Crippen LogP contribution >= 0.6 is 11.8 Å². The molecule has 0 unspecified atom stereocenters. The van der Waals surface area contributed by atoms with Crippen molar-refractivity contribution in [3.8, 4) is 0 Å². The molecule has 7 heteroatoms. The third kappa shape index (κ3) is 3.98. The number of aryl methyl sites for hydroxylation is 2. The van der Waals surface area contributed by atoms with E-state index in [2.05, 4.69) is 19.1 Å². The van der Waals surface area contributed by atoms with Crippen LogP contribution in [0.3, 0.4) is 0 Å². The number of sulfonamides is 1. The average molecular weight is 442 g/mol. The van der Waals surface area contributed by atoms with E-state index in [0.29, 0.717) is 30.8 Å². The van der Waals surface area contributed by atoms with Crippen molar-refractivity contribution in [3.63, 3.8) is 0 Å². The summed E-state index contributed by atoms with van der Waals surface area (Å²) in [5.41, 5.74) is 3.32. The van der Waals surface area contributed by atoms with E-state index in [1.807, 2.05) is 44.2 Å². The van der Waals surface area contributed by atoms with E-state index in [-0.39, 0.29) is 0 Å². The molecule has 0 amide bonds. The van der Waals surface area contributed by atoms with Crippen LogP contribution in [0.25, 0.3) is 0 Å². The van der Waals surface area contributed by atoms with Crippen LogP contribution in [0, 0.1) is 13.8 Å². The summed E-state index contributed by atoms with van der Waals surface area (Å²) in [6, 6.07) is 15.6.